The summed E-state index contributed by atoms with van der Waals surface area (Å²) >= 11 is 9.02. The van der Waals surface area contributed by atoms with Crippen molar-refractivity contribution in [3.63, 3.8) is 0 Å². The lowest BCUT2D eigenvalue weighted by Gasteiger charge is -2.24. The van der Waals surface area contributed by atoms with Crippen molar-refractivity contribution >= 4 is 48.4 Å². The number of halogens is 3. The quantitative estimate of drug-likeness (QED) is 0.742. The Bertz CT molecular complexity index is 802. The molecule has 0 atom stereocenters. The van der Waals surface area contributed by atoms with E-state index in [0.717, 1.165) is 0 Å². The van der Waals surface area contributed by atoms with E-state index in [1.54, 1.807) is 24.5 Å². The Hall–Kier alpha value is -0.660. The molecule has 2 aromatic rings. The van der Waals surface area contributed by atoms with Crippen LogP contribution in [0.15, 0.2) is 16.6 Å². The van der Waals surface area contributed by atoms with Crippen LogP contribution in [0.25, 0.3) is 11.0 Å². The van der Waals surface area contributed by atoms with Crippen LogP contribution in [0, 0.1) is 5.82 Å². The van der Waals surface area contributed by atoms with Crippen LogP contribution in [0.3, 0.4) is 0 Å². The van der Waals surface area contributed by atoms with Gasteiger partial charge in [0.05, 0.1) is 26.1 Å². The van der Waals surface area contributed by atoms with E-state index in [1.165, 1.54) is 12.3 Å². The van der Waals surface area contributed by atoms with Gasteiger partial charge in [0.25, 0.3) is 0 Å². The molecule has 0 unspecified atom stereocenters. The minimum absolute atomic E-state index is 0.119. The molecule has 0 aliphatic carbocycles. The molecule has 0 amide bonds. The number of aromatic nitrogens is 2. The summed E-state index contributed by atoms with van der Waals surface area (Å²) in [6.07, 6.45) is 1.20. The smallest absolute Gasteiger partial charge is 0.154 e. The molecule has 2 rings (SSSR count). The number of benzene rings is 1. The summed E-state index contributed by atoms with van der Waals surface area (Å²) in [5.74, 6) is 0.213. The van der Waals surface area contributed by atoms with Gasteiger partial charge in [-0.1, -0.05) is 0 Å². The van der Waals surface area contributed by atoms with Crippen molar-refractivity contribution in [3.05, 3.63) is 28.2 Å². The molecule has 4 nitrogen and oxygen atoms in total. The number of alkyl halides is 1. The number of sulfone groups is 1. The minimum Gasteiger partial charge on any atom is -0.325 e. The average Bonchev–Trinajstić information content (AvgIpc) is 2.66. The van der Waals surface area contributed by atoms with Gasteiger partial charge < -0.3 is 4.57 Å². The van der Waals surface area contributed by atoms with Gasteiger partial charge in [-0.25, -0.2) is 17.8 Å². The van der Waals surface area contributed by atoms with Gasteiger partial charge in [-0.05, 0) is 35.8 Å². The van der Waals surface area contributed by atoms with Crippen molar-refractivity contribution in [3.8, 4) is 0 Å². The van der Waals surface area contributed by atoms with E-state index in [1.807, 2.05) is 0 Å². The molecule has 0 fully saturated rings. The van der Waals surface area contributed by atoms with Crippen LogP contribution in [-0.4, -0.2) is 29.0 Å². The molecule has 0 bridgehead atoms. The molecule has 8 heteroatoms. The van der Waals surface area contributed by atoms with E-state index in [0.29, 0.717) is 21.3 Å². The summed E-state index contributed by atoms with van der Waals surface area (Å²) < 4.78 is 38.4. The fraction of sp³-hybridized carbons (Fsp3) is 0.462. The maximum absolute atomic E-state index is 13.6. The van der Waals surface area contributed by atoms with Gasteiger partial charge in [0.15, 0.2) is 9.84 Å². The zero-order valence-corrected chi connectivity index (χ0v) is 15.0. The maximum Gasteiger partial charge on any atom is 0.154 e. The fourth-order valence-electron chi connectivity index (χ4n) is 1.95. The predicted octanol–water partition coefficient (Wildman–Crippen LogP) is 3.50. The van der Waals surface area contributed by atoms with Crippen molar-refractivity contribution < 1.29 is 12.8 Å². The molecular weight excluding hydrogens is 383 g/mol. The van der Waals surface area contributed by atoms with Gasteiger partial charge in [-0.3, -0.25) is 0 Å². The summed E-state index contributed by atoms with van der Waals surface area (Å²) in [4.78, 5) is 4.27. The van der Waals surface area contributed by atoms with Gasteiger partial charge in [0.1, 0.15) is 11.6 Å². The van der Waals surface area contributed by atoms with Crippen molar-refractivity contribution in [1.82, 2.24) is 9.55 Å². The second-order valence-corrected chi connectivity index (χ2v) is 9.31. The highest BCUT2D eigenvalue weighted by molar-refractivity contribution is 9.10. The Morgan fingerprint density at radius 2 is 2.05 bits per heavy atom. The predicted molar refractivity (Wildman–Crippen MR) is 85.9 cm³/mol. The molecule has 0 N–H and O–H groups in total. The Morgan fingerprint density at radius 1 is 1.43 bits per heavy atom. The molecule has 0 saturated carbocycles. The topological polar surface area (TPSA) is 52.0 Å². The second-order valence-electron chi connectivity index (χ2n) is 5.53. The van der Waals surface area contributed by atoms with Gasteiger partial charge in [0.2, 0.25) is 0 Å². The molecule has 1 heterocycles. The van der Waals surface area contributed by atoms with Crippen LogP contribution in [0.5, 0.6) is 0 Å². The van der Waals surface area contributed by atoms with E-state index >= 15 is 0 Å². The van der Waals surface area contributed by atoms with Crippen LogP contribution in [0.4, 0.5) is 4.39 Å². The van der Waals surface area contributed by atoms with Crippen LogP contribution in [-0.2, 0) is 22.3 Å². The summed E-state index contributed by atoms with van der Waals surface area (Å²) in [5.41, 5.74) is 1.10. The minimum atomic E-state index is -3.27. The Balaban J connectivity index is 2.65. The number of nitrogens with zero attached hydrogens (tertiary/aromatic N) is 2. The first-order valence-corrected chi connectivity index (χ1v) is 9.38. The number of hydrogen-bond donors (Lipinski definition) is 0. The standard InChI is InChI=1S/C13H15BrClFN2O2S/c1-13(2,21(3,19)20)7-18-11-4-8(14)9(16)5-10(11)17-12(18)6-15/h4-5H,6-7H2,1-3H3. The molecule has 0 radical (unpaired) electrons. The van der Waals surface area contributed by atoms with Crippen LogP contribution < -0.4 is 0 Å². The molecule has 1 aromatic carbocycles. The first kappa shape index (κ1) is 16.7. The van der Waals surface area contributed by atoms with Crippen LogP contribution >= 0.6 is 27.5 Å². The lowest BCUT2D eigenvalue weighted by atomic mass is 10.2. The molecule has 0 spiro atoms. The third-order valence-electron chi connectivity index (χ3n) is 3.53. The Labute approximate surface area is 136 Å². The van der Waals surface area contributed by atoms with Crippen LogP contribution in [0.1, 0.15) is 19.7 Å². The lowest BCUT2D eigenvalue weighted by Crippen LogP contribution is -2.36. The van der Waals surface area contributed by atoms with E-state index in [-0.39, 0.29) is 12.4 Å². The summed E-state index contributed by atoms with van der Waals surface area (Å²) in [7, 11) is -3.27. The highest BCUT2D eigenvalue weighted by atomic mass is 79.9. The highest BCUT2D eigenvalue weighted by Gasteiger charge is 2.32. The maximum atomic E-state index is 13.6. The van der Waals surface area contributed by atoms with E-state index < -0.39 is 20.4 Å². The largest absolute Gasteiger partial charge is 0.325 e. The molecular formula is C13H15BrClFN2O2S. The average molecular weight is 398 g/mol. The molecule has 0 aliphatic heterocycles. The lowest BCUT2D eigenvalue weighted by molar-refractivity contribution is 0.503. The molecule has 21 heavy (non-hydrogen) atoms. The first-order chi connectivity index (χ1) is 9.56. The third-order valence-corrected chi connectivity index (χ3v) is 6.51. The zero-order chi connectivity index (χ0) is 16.0. The van der Waals surface area contributed by atoms with Crippen LogP contribution in [0.2, 0.25) is 0 Å². The van der Waals surface area contributed by atoms with Gasteiger partial charge in [0, 0.05) is 18.9 Å². The number of hydrogen-bond acceptors (Lipinski definition) is 3. The summed E-state index contributed by atoms with van der Waals surface area (Å²) in [5, 5.41) is 0. The van der Waals surface area contributed by atoms with Crippen molar-refractivity contribution in [2.45, 2.75) is 31.0 Å². The van der Waals surface area contributed by atoms with E-state index in [4.69, 9.17) is 11.6 Å². The molecule has 1 aromatic heterocycles. The number of fused-ring (bicyclic) bond motifs is 1. The Kier molecular flexibility index (Phi) is 4.39. The monoisotopic (exact) mass is 396 g/mol. The Morgan fingerprint density at radius 3 is 2.57 bits per heavy atom. The molecule has 0 aliphatic rings. The molecule has 116 valence electrons. The fourth-order valence-corrected chi connectivity index (χ4v) is 2.85. The number of imidazole rings is 1. The van der Waals surface area contributed by atoms with E-state index in [9.17, 15) is 12.8 Å². The SMILES string of the molecule is CC(C)(Cn1c(CCl)nc2cc(F)c(Br)cc21)S(C)(=O)=O. The van der Waals surface area contributed by atoms with E-state index in [2.05, 4.69) is 20.9 Å². The second kappa shape index (κ2) is 5.52. The summed E-state index contributed by atoms with van der Waals surface area (Å²) in [6.45, 7) is 3.48. The van der Waals surface area contributed by atoms with Gasteiger partial charge >= 0.3 is 0 Å². The first-order valence-electron chi connectivity index (χ1n) is 6.16. The highest BCUT2D eigenvalue weighted by Crippen LogP contribution is 2.28. The van der Waals surface area contributed by atoms with Crippen molar-refractivity contribution in [1.29, 1.82) is 0 Å². The van der Waals surface area contributed by atoms with Gasteiger partial charge in [-0.15, -0.1) is 11.6 Å². The van der Waals surface area contributed by atoms with Crippen molar-refractivity contribution in [2.24, 2.45) is 0 Å². The van der Waals surface area contributed by atoms with Crippen molar-refractivity contribution in [2.75, 3.05) is 6.26 Å². The number of rotatable bonds is 4. The third kappa shape index (κ3) is 3.10. The summed E-state index contributed by atoms with van der Waals surface area (Å²) in [6, 6.07) is 2.89. The normalized spacial score (nSPS) is 13.0. The zero-order valence-electron chi connectivity index (χ0n) is 11.8. The van der Waals surface area contributed by atoms with Gasteiger partial charge in [-0.2, -0.15) is 0 Å². The molecule has 0 saturated heterocycles.